The van der Waals surface area contributed by atoms with Crippen molar-refractivity contribution < 1.29 is 0 Å². The quantitative estimate of drug-likeness (QED) is 0.864. The number of anilines is 1. The molecule has 1 heterocycles. The fourth-order valence-electron chi connectivity index (χ4n) is 2.16. The van der Waals surface area contributed by atoms with Gasteiger partial charge in [-0.2, -0.15) is 5.10 Å². The molecule has 2 rings (SSSR count). The minimum absolute atomic E-state index is 0.436. The third-order valence-corrected chi connectivity index (χ3v) is 3.25. The predicted molar refractivity (Wildman–Crippen MR) is 76.9 cm³/mol. The summed E-state index contributed by atoms with van der Waals surface area (Å²) in [6.45, 7) is 6.42. The zero-order valence-electron chi connectivity index (χ0n) is 11.4. The van der Waals surface area contributed by atoms with Gasteiger partial charge in [0.1, 0.15) is 0 Å². The monoisotopic (exact) mass is 243 g/mol. The summed E-state index contributed by atoms with van der Waals surface area (Å²) in [5.74, 6) is 0.903. The van der Waals surface area contributed by atoms with Gasteiger partial charge in [-0.1, -0.05) is 44.0 Å². The number of rotatable bonds is 5. The van der Waals surface area contributed by atoms with Gasteiger partial charge in [-0.3, -0.25) is 0 Å². The average molecular weight is 243 g/mol. The SMILES string of the molecule is CCCCC(C)Nc1nnc(C)c2ccccc12. The fraction of sp³-hybridized carbons (Fsp3) is 0.467. The summed E-state index contributed by atoms with van der Waals surface area (Å²) in [6, 6.07) is 8.73. The van der Waals surface area contributed by atoms with E-state index in [1.807, 2.05) is 19.1 Å². The van der Waals surface area contributed by atoms with E-state index < -0.39 is 0 Å². The average Bonchev–Trinajstić information content (AvgIpc) is 2.40. The standard InChI is InChI=1S/C15H21N3/c1-4-5-8-11(2)16-15-14-10-7-6-9-13(14)12(3)17-18-15/h6-7,9-11H,4-5,8H2,1-3H3,(H,16,18). The first-order valence-electron chi connectivity index (χ1n) is 6.71. The van der Waals surface area contributed by atoms with Crippen LogP contribution in [0.4, 0.5) is 5.82 Å². The topological polar surface area (TPSA) is 37.8 Å². The van der Waals surface area contributed by atoms with E-state index >= 15 is 0 Å². The molecule has 1 atom stereocenters. The van der Waals surface area contributed by atoms with Gasteiger partial charge in [-0.05, 0) is 20.3 Å². The molecule has 1 aromatic heterocycles. The molecule has 2 aromatic rings. The Morgan fingerprint density at radius 1 is 1.17 bits per heavy atom. The summed E-state index contributed by atoms with van der Waals surface area (Å²) in [5.41, 5.74) is 0.984. The number of fused-ring (bicyclic) bond motifs is 1. The Hall–Kier alpha value is -1.64. The fourth-order valence-corrected chi connectivity index (χ4v) is 2.16. The van der Waals surface area contributed by atoms with E-state index in [9.17, 15) is 0 Å². The van der Waals surface area contributed by atoms with Gasteiger partial charge in [0.25, 0.3) is 0 Å². The van der Waals surface area contributed by atoms with Crippen molar-refractivity contribution in [1.29, 1.82) is 0 Å². The van der Waals surface area contributed by atoms with E-state index in [-0.39, 0.29) is 0 Å². The lowest BCUT2D eigenvalue weighted by molar-refractivity contribution is 0.642. The van der Waals surface area contributed by atoms with Crippen LogP contribution in [0, 0.1) is 6.92 Å². The highest BCUT2D eigenvalue weighted by molar-refractivity contribution is 5.92. The smallest absolute Gasteiger partial charge is 0.156 e. The second-order valence-electron chi connectivity index (χ2n) is 4.87. The summed E-state index contributed by atoms with van der Waals surface area (Å²) < 4.78 is 0. The highest BCUT2D eigenvalue weighted by Crippen LogP contribution is 2.23. The normalized spacial score (nSPS) is 12.6. The minimum atomic E-state index is 0.436. The Morgan fingerprint density at radius 3 is 2.61 bits per heavy atom. The lowest BCUT2D eigenvalue weighted by atomic mass is 10.1. The maximum Gasteiger partial charge on any atom is 0.156 e. The molecule has 1 N–H and O–H groups in total. The number of aryl methyl sites for hydroxylation is 1. The zero-order valence-corrected chi connectivity index (χ0v) is 11.4. The first-order valence-corrected chi connectivity index (χ1v) is 6.71. The van der Waals surface area contributed by atoms with Gasteiger partial charge < -0.3 is 5.32 Å². The van der Waals surface area contributed by atoms with Crippen molar-refractivity contribution in [3.8, 4) is 0 Å². The zero-order chi connectivity index (χ0) is 13.0. The number of aromatic nitrogens is 2. The molecule has 0 spiro atoms. The summed E-state index contributed by atoms with van der Waals surface area (Å²) >= 11 is 0. The Kier molecular flexibility index (Phi) is 4.13. The molecule has 18 heavy (non-hydrogen) atoms. The van der Waals surface area contributed by atoms with Crippen LogP contribution in [0.5, 0.6) is 0 Å². The van der Waals surface area contributed by atoms with Crippen molar-refractivity contribution in [1.82, 2.24) is 10.2 Å². The van der Waals surface area contributed by atoms with Crippen molar-refractivity contribution in [2.24, 2.45) is 0 Å². The molecule has 3 nitrogen and oxygen atoms in total. The summed E-state index contributed by atoms with van der Waals surface area (Å²) in [7, 11) is 0. The maximum atomic E-state index is 4.29. The van der Waals surface area contributed by atoms with E-state index in [2.05, 4.69) is 41.5 Å². The Labute approximate surface area is 109 Å². The molecule has 0 aliphatic heterocycles. The van der Waals surface area contributed by atoms with E-state index in [0.29, 0.717) is 6.04 Å². The van der Waals surface area contributed by atoms with Crippen LogP contribution in [0.15, 0.2) is 24.3 Å². The summed E-state index contributed by atoms with van der Waals surface area (Å²) in [5, 5.41) is 14.3. The number of nitrogens with zero attached hydrogens (tertiary/aromatic N) is 2. The molecule has 0 bridgehead atoms. The van der Waals surface area contributed by atoms with Crippen LogP contribution in [0.1, 0.15) is 38.8 Å². The van der Waals surface area contributed by atoms with Gasteiger partial charge >= 0.3 is 0 Å². The molecular formula is C15H21N3. The van der Waals surface area contributed by atoms with Crippen molar-refractivity contribution in [2.45, 2.75) is 46.1 Å². The maximum absolute atomic E-state index is 4.29. The van der Waals surface area contributed by atoms with Gasteiger partial charge in [-0.25, -0.2) is 0 Å². The van der Waals surface area contributed by atoms with Crippen LogP contribution >= 0.6 is 0 Å². The molecule has 0 amide bonds. The van der Waals surface area contributed by atoms with Crippen molar-refractivity contribution in [2.75, 3.05) is 5.32 Å². The third kappa shape index (κ3) is 2.78. The molecule has 0 fully saturated rings. The first-order chi connectivity index (χ1) is 8.72. The van der Waals surface area contributed by atoms with Gasteiger partial charge in [0.15, 0.2) is 5.82 Å². The molecule has 0 saturated carbocycles. The van der Waals surface area contributed by atoms with Gasteiger partial charge in [0.2, 0.25) is 0 Å². The van der Waals surface area contributed by atoms with E-state index in [0.717, 1.165) is 16.9 Å². The van der Waals surface area contributed by atoms with Gasteiger partial charge in [-0.15, -0.1) is 5.10 Å². The molecule has 0 aliphatic carbocycles. The molecular weight excluding hydrogens is 222 g/mol. The predicted octanol–water partition coefficient (Wildman–Crippen LogP) is 3.93. The van der Waals surface area contributed by atoms with Crippen LogP contribution < -0.4 is 5.32 Å². The number of hydrogen-bond donors (Lipinski definition) is 1. The summed E-state index contributed by atoms with van der Waals surface area (Å²) in [6.07, 6.45) is 3.64. The van der Waals surface area contributed by atoms with Crippen LogP contribution in [0.2, 0.25) is 0 Å². The summed E-state index contributed by atoms with van der Waals surface area (Å²) in [4.78, 5) is 0. The molecule has 96 valence electrons. The van der Waals surface area contributed by atoms with Crippen molar-refractivity contribution in [3.63, 3.8) is 0 Å². The Balaban J connectivity index is 2.26. The third-order valence-electron chi connectivity index (χ3n) is 3.25. The lowest BCUT2D eigenvalue weighted by Crippen LogP contribution is -2.16. The second-order valence-corrected chi connectivity index (χ2v) is 4.87. The van der Waals surface area contributed by atoms with Crippen LogP contribution in [-0.4, -0.2) is 16.2 Å². The Bertz CT molecular complexity index is 522. The number of nitrogens with one attached hydrogen (secondary N) is 1. The Morgan fingerprint density at radius 2 is 1.89 bits per heavy atom. The van der Waals surface area contributed by atoms with Crippen molar-refractivity contribution >= 4 is 16.6 Å². The highest BCUT2D eigenvalue weighted by atomic mass is 15.2. The molecule has 0 saturated heterocycles. The van der Waals surface area contributed by atoms with Gasteiger partial charge in [0.05, 0.1) is 5.69 Å². The number of unbranched alkanes of at least 4 members (excludes halogenated alkanes) is 1. The van der Waals surface area contributed by atoms with E-state index in [4.69, 9.17) is 0 Å². The van der Waals surface area contributed by atoms with E-state index in [1.54, 1.807) is 0 Å². The second kappa shape index (κ2) is 5.80. The van der Waals surface area contributed by atoms with Gasteiger partial charge in [0, 0.05) is 16.8 Å². The highest BCUT2D eigenvalue weighted by Gasteiger charge is 2.08. The van der Waals surface area contributed by atoms with Crippen LogP contribution in [-0.2, 0) is 0 Å². The molecule has 1 aromatic carbocycles. The minimum Gasteiger partial charge on any atom is -0.366 e. The first kappa shape index (κ1) is 12.8. The molecule has 0 aliphatic rings. The molecule has 3 heteroatoms. The number of hydrogen-bond acceptors (Lipinski definition) is 3. The molecule has 0 radical (unpaired) electrons. The van der Waals surface area contributed by atoms with Crippen LogP contribution in [0.25, 0.3) is 10.8 Å². The van der Waals surface area contributed by atoms with E-state index in [1.165, 1.54) is 24.6 Å². The van der Waals surface area contributed by atoms with Crippen LogP contribution in [0.3, 0.4) is 0 Å². The lowest BCUT2D eigenvalue weighted by Gasteiger charge is -2.15. The molecule has 1 unspecified atom stereocenters. The van der Waals surface area contributed by atoms with Crippen molar-refractivity contribution in [3.05, 3.63) is 30.0 Å². The largest absolute Gasteiger partial charge is 0.366 e. The number of benzene rings is 1.